The Labute approximate surface area is 208 Å². The van der Waals surface area contributed by atoms with Crippen LogP contribution in [0.3, 0.4) is 0 Å². The molecule has 2 saturated carbocycles. The van der Waals surface area contributed by atoms with Gasteiger partial charge in [-0.05, 0) is 58.2 Å². The molecule has 202 valence electrons. The van der Waals surface area contributed by atoms with Crippen LogP contribution in [0, 0.1) is 32.5 Å². The van der Waals surface area contributed by atoms with Crippen LogP contribution >= 0.6 is 0 Å². The van der Waals surface area contributed by atoms with E-state index in [4.69, 9.17) is 19.6 Å². The lowest BCUT2D eigenvalue weighted by Crippen LogP contribution is -2.55. The van der Waals surface area contributed by atoms with Crippen molar-refractivity contribution >= 4 is 0 Å². The van der Waals surface area contributed by atoms with E-state index in [1.165, 1.54) is 0 Å². The summed E-state index contributed by atoms with van der Waals surface area (Å²) in [7, 11) is 0. The van der Waals surface area contributed by atoms with Crippen molar-refractivity contribution in [3.05, 3.63) is 0 Å². The first-order valence-corrected chi connectivity index (χ1v) is 13.2. The first-order chi connectivity index (χ1) is 15.2. The Bertz CT molecular complexity index is 578. The predicted molar refractivity (Wildman–Crippen MR) is 135 cm³/mol. The molecule has 0 amide bonds. The maximum absolute atomic E-state index is 9.89. The molecule has 0 heterocycles. The molecule has 2 fully saturated rings. The van der Waals surface area contributed by atoms with E-state index in [2.05, 4.69) is 83.1 Å². The van der Waals surface area contributed by atoms with Gasteiger partial charge >= 0.3 is 0 Å². The Morgan fingerprint density at radius 3 is 0.765 bits per heavy atom. The standard InChI is InChI=1S/C28H54O6/c1-21(2,3)25(22(4,5)6)13-17-27(31-29,18-14-25)33-34-28(32-30)19-15-26(16-20-28,23(7,8)9)24(10,11)12/h29-30H,13-20H2,1-12H3. The smallest absolute Gasteiger partial charge is 0.233 e. The van der Waals surface area contributed by atoms with Crippen molar-refractivity contribution in [1.82, 2.24) is 0 Å². The second-order valence-electron chi connectivity index (χ2n) is 15.3. The Morgan fingerprint density at radius 1 is 0.412 bits per heavy atom. The van der Waals surface area contributed by atoms with E-state index in [1.807, 2.05) is 0 Å². The van der Waals surface area contributed by atoms with Gasteiger partial charge in [0.05, 0.1) is 0 Å². The van der Waals surface area contributed by atoms with Gasteiger partial charge in [-0.1, -0.05) is 83.1 Å². The fourth-order valence-corrected chi connectivity index (χ4v) is 7.90. The first-order valence-electron chi connectivity index (χ1n) is 13.2. The highest BCUT2D eigenvalue weighted by Crippen LogP contribution is 2.63. The molecule has 0 atom stereocenters. The van der Waals surface area contributed by atoms with Gasteiger partial charge in [0.1, 0.15) is 0 Å². The van der Waals surface area contributed by atoms with Crippen LogP contribution in [0.15, 0.2) is 0 Å². The molecule has 34 heavy (non-hydrogen) atoms. The van der Waals surface area contributed by atoms with Crippen LogP contribution in [0.4, 0.5) is 0 Å². The second kappa shape index (κ2) is 9.25. The van der Waals surface area contributed by atoms with Crippen LogP contribution < -0.4 is 0 Å². The van der Waals surface area contributed by atoms with Gasteiger partial charge in [0.15, 0.2) is 0 Å². The molecule has 0 aliphatic heterocycles. The Hall–Kier alpha value is -0.240. The number of hydrogen-bond acceptors (Lipinski definition) is 6. The molecule has 0 unspecified atom stereocenters. The highest BCUT2D eigenvalue weighted by molar-refractivity contribution is 5.04. The van der Waals surface area contributed by atoms with E-state index in [1.54, 1.807) is 0 Å². The van der Waals surface area contributed by atoms with Crippen molar-refractivity contribution in [3.63, 3.8) is 0 Å². The summed E-state index contributed by atoms with van der Waals surface area (Å²) in [6, 6.07) is 0. The molecule has 2 rings (SSSR count). The summed E-state index contributed by atoms with van der Waals surface area (Å²) in [5, 5.41) is 19.8. The van der Waals surface area contributed by atoms with Gasteiger partial charge in [0.2, 0.25) is 11.6 Å². The molecule has 0 aromatic rings. The summed E-state index contributed by atoms with van der Waals surface area (Å²) in [6.07, 6.45) is 5.28. The molecule has 0 aromatic heterocycles. The van der Waals surface area contributed by atoms with Gasteiger partial charge in [-0.15, -0.1) is 0 Å². The Kier molecular flexibility index (Phi) is 8.16. The molecular weight excluding hydrogens is 432 g/mol. The van der Waals surface area contributed by atoms with Crippen molar-refractivity contribution in [2.45, 2.75) is 146 Å². The van der Waals surface area contributed by atoms with Crippen LogP contribution in [0.2, 0.25) is 0 Å². The maximum Gasteiger partial charge on any atom is 0.233 e. The summed E-state index contributed by atoms with van der Waals surface area (Å²) in [4.78, 5) is 21.6. The Morgan fingerprint density at radius 2 is 0.618 bits per heavy atom. The molecule has 0 saturated heterocycles. The zero-order valence-electron chi connectivity index (χ0n) is 24.2. The lowest BCUT2D eigenvalue weighted by Gasteiger charge is -2.59. The molecule has 0 bridgehead atoms. The fourth-order valence-electron chi connectivity index (χ4n) is 7.90. The van der Waals surface area contributed by atoms with Crippen LogP contribution in [0.5, 0.6) is 0 Å². The van der Waals surface area contributed by atoms with E-state index in [0.717, 1.165) is 25.7 Å². The van der Waals surface area contributed by atoms with Gasteiger partial charge in [-0.3, -0.25) is 0 Å². The first kappa shape index (κ1) is 30.0. The SMILES string of the molecule is CC(C)(C)C1(C(C)(C)C)CCC(OO)(OOC2(OO)CCC(C(C)(C)C)(C(C)(C)C)CC2)CC1. The van der Waals surface area contributed by atoms with Gasteiger partial charge in [0.25, 0.3) is 0 Å². The number of rotatable bonds is 5. The van der Waals surface area contributed by atoms with E-state index < -0.39 is 11.6 Å². The third-order valence-electron chi connectivity index (χ3n) is 10.2. The summed E-state index contributed by atoms with van der Waals surface area (Å²) < 4.78 is 0. The van der Waals surface area contributed by atoms with Gasteiger partial charge in [-0.25, -0.2) is 20.3 Å². The lowest BCUT2D eigenvalue weighted by atomic mass is 9.48. The molecule has 0 aromatic carbocycles. The molecule has 2 N–H and O–H groups in total. The van der Waals surface area contributed by atoms with Gasteiger partial charge in [0, 0.05) is 25.7 Å². The zero-order chi connectivity index (χ0) is 26.5. The minimum absolute atomic E-state index is 0.0560. The topological polar surface area (TPSA) is 77.4 Å². The minimum Gasteiger partial charge on any atom is -0.249 e. The quantitative estimate of drug-likeness (QED) is 0.230. The van der Waals surface area contributed by atoms with Gasteiger partial charge < -0.3 is 0 Å². The largest absolute Gasteiger partial charge is 0.249 e. The summed E-state index contributed by atoms with van der Waals surface area (Å²) >= 11 is 0. The molecule has 6 nitrogen and oxygen atoms in total. The van der Waals surface area contributed by atoms with Crippen LogP contribution in [-0.2, 0) is 19.6 Å². The third kappa shape index (κ3) is 5.10. The molecule has 2 aliphatic carbocycles. The van der Waals surface area contributed by atoms with E-state index in [0.29, 0.717) is 25.7 Å². The summed E-state index contributed by atoms with van der Waals surface area (Å²) in [5.41, 5.74) is 0.428. The second-order valence-corrected chi connectivity index (χ2v) is 15.3. The third-order valence-corrected chi connectivity index (χ3v) is 10.2. The fraction of sp³-hybridized carbons (Fsp3) is 1.00. The predicted octanol–water partition coefficient (Wildman–Crippen LogP) is 8.61. The van der Waals surface area contributed by atoms with Crippen LogP contribution in [0.1, 0.15) is 134 Å². The lowest BCUT2D eigenvalue weighted by molar-refractivity contribution is -0.581. The average Bonchev–Trinajstić information content (AvgIpc) is 2.69. The van der Waals surface area contributed by atoms with Crippen molar-refractivity contribution < 1.29 is 30.1 Å². The van der Waals surface area contributed by atoms with Crippen LogP contribution in [-0.4, -0.2) is 22.1 Å². The molecule has 0 radical (unpaired) electrons. The summed E-state index contributed by atoms with van der Waals surface area (Å²) in [6.45, 7) is 27.4. The van der Waals surface area contributed by atoms with E-state index in [-0.39, 0.29) is 32.5 Å². The highest BCUT2D eigenvalue weighted by atomic mass is 17.3. The normalized spacial score (nSPS) is 25.2. The highest BCUT2D eigenvalue weighted by Gasteiger charge is 2.59. The van der Waals surface area contributed by atoms with Gasteiger partial charge in [-0.2, -0.15) is 9.78 Å². The molecular formula is C28H54O6. The Balaban J connectivity index is 2.17. The van der Waals surface area contributed by atoms with Crippen molar-refractivity contribution in [3.8, 4) is 0 Å². The number of hydrogen-bond donors (Lipinski definition) is 2. The van der Waals surface area contributed by atoms with Crippen molar-refractivity contribution in [2.24, 2.45) is 32.5 Å². The molecule has 0 spiro atoms. The monoisotopic (exact) mass is 486 g/mol. The summed E-state index contributed by atoms with van der Waals surface area (Å²) in [5.74, 6) is -2.54. The molecule has 2 aliphatic rings. The average molecular weight is 487 g/mol. The van der Waals surface area contributed by atoms with Crippen LogP contribution in [0.25, 0.3) is 0 Å². The van der Waals surface area contributed by atoms with E-state index >= 15 is 0 Å². The zero-order valence-corrected chi connectivity index (χ0v) is 24.2. The minimum atomic E-state index is -1.27. The van der Waals surface area contributed by atoms with E-state index in [9.17, 15) is 10.5 Å². The van der Waals surface area contributed by atoms with Crippen molar-refractivity contribution in [2.75, 3.05) is 0 Å². The molecule has 6 heteroatoms. The van der Waals surface area contributed by atoms with Crippen molar-refractivity contribution in [1.29, 1.82) is 0 Å². The maximum atomic E-state index is 9.89.